The molecule has 0 bridgehead atoms. The van der Waals surface area contributed by atoms with Crippen molar-refractivity contribution in [3.05, 3.63) is 157 Å². The van der Waals surface area contributed by atoms with E-state index in [1.807, 2.05) is 6.07 Å². The summed E-state index contributed by atoms with van der Waals surface area (Å²) in [5.74, 6) is 0.496. The minimum absolute atomic E-state index is 0.496. The highest BCUT2D eigenvalue weighted by atomic mass is 16.3. The van der Waals surface area contributed by atoms with E-state index in [4.69, 9.17) is 13.3 Å². The number of furan rings is 3. The van der Waals surface area contributed by atoms with Gasteiger partial charge in [0.1, 0.15) is 27.9 Å². The van der Waals surface area contributed by atoms with Gasteiger partial charge in [0.25, 0.3) is 0 Å². The molecule has 3 aromatic heterocycles. The first-order valence-electron chi connectivity index (χ1n) is 17.9. The topological polar surface area (TPSA) is 39.4 Å². The summed E-state index contributed by atoms with van der Waals surface area (Å²) in [4.78, 5) is 0. The van der Waals surface area contributed by atoms with Crippen LogP contribution < -0.4 is 0 Å². The van der Waals surface area contributed by atoms with Gasteiger partial charge >= 0.3 is 0 Å². The van der Waals surface area contributed by atoms with Crippen LogP contribution in [-0.2, 0) is 0 Å². The zero-order valence-electron chi connectivity index (χ0n) is 28.7. The Hall–Kier alpha value is -6.58. The lowest BCUT2D eigenvalue weighted by atomic mass is 9.85. The van der Waals surface area contributed by atoms with E-state index in [0.717, 1.165) is 71.5 Å². The monoisotopic (exact) mass is 668 g/mol. The van der Waals surface area contributed by atoms with E-state index in [9.17, 15) is 0 Å². The van der Waals surface area contributed by atoms with Crippen molar-refractivity contribution in [1.29, 1.82) is 0 Å². The molecule has 0 N–H and O–H groups in total. The van der Waals surface area contributed by atoms with Crippen molar-refractivity contribution in [2.45, 2.75) is 19.8 Å². The van der Waals surface area contributed by atoms with Crippen LogP contribution in [0.25, 0.3) is 110 Å². The minimum Gasteiger partial charge on any atom is -0.464 e. The molecule has 0 spiro atoms. The van der Waals surface area contributed by atoms with Crippen LogP contribution >= 0.6 is 0 Å². The molecule has 0 fully saturated rings. The molecular formula is C49H32O3. The molecular weight excluding hydrogens is 637 g/mol. The van der Waals surface area contributed by atoms with Gasteiger partial charge in [-0.25, -0.2) is 0 Å². The van der Waals surface area contributed by atoms with E-state index in [1.165, 1.54) is 43.8 Å². The largest absolute Gasteiger partial charge is 0.464 e. The van der Waals surface area contributed by atoms with Crippen LogP contribution in [-0.4, -0.2) is 0 Å². The lowest BCUT2D eigenvalue weighted by molar-refractivity contribution is 0.617. The highest BCUT2D eigenvalue weighted by Gasteiger charge is 2.21. The average Bonchev–Trinajstić information content (AvgIpc) is 3.92. The van der Waals surface area contributed by atoms with Gasteiger partial charge in [-0.3, -0.25) is 0 Å². The van der Waals surface area contributed by atoms with Crippen LogP contribution in [0.2, 0.25) is 0 Å². The van der Waals surface area contributed by atoms with Gasteiger partial charge in [-0.1, -0.05) is 117 Å². The lowest BCUT2D eigenvalue weighted by Gasteiger charge is -2.18. The molecule has 3 heterocycles. The van der Waals surface area contributed by atoms with Crippen molar-refractivity contribution >= 4 is 76.4 Å². The van der Waals surface area contributed by atoms with Gasteiger partial charge in [0.2, 0.25) is 0 Å². The second-order valence-electron chi connectivity index (χ2n) is 14.2. The van der Waals surface area contributed by atoms with Gasteiger partial charge in [-0.2, -0.15) is 0 Å². The van der Waals surface area contributed by atoms with Crippen LogP contribution in [0.3, 0.4) is 0 Å². The first kappa shape index (κ1) is 29.2. The van der Waals surface area contributed by atoms with Crippen molar-refractivity contribution in [1.82, 2.24) is 0 Å². The predicted molar refractivity (Wildman–Crippen MR) is 216 cm³/mol. The summed E-state index contributed by atoms with van der Waals surface area (Å²) in [6.45, 7) is 4.45. The third kappa shape index (κ3) is 4.20. The summed E-state index contributed by atoms with van der Waals surface area (Å²) in [5.41, 5.74) is 12.6. The van der Waals surface area contributed by atoms with E-state index >= 15 is 0 Å². The smallest absolute Gasteiger partial charge is 0.147 e. The highest BCUT2D eigenvalue weighted by Crippen LogP contribution is 2.47. The maximum Gasteiger partial charge on any atom is 0.147 e. The molecule has 0 amide bonds. The molecule has 3 heteroatoms. The van der Waals surface area contributed by atoms with Crippen molar-refractivity contribution in [3.63, 3.8) is 0 Å². The molecule has 52 heavy (non-hydrogen) atoms. The second kappa shape index (κ2) is 11.0. The lowest BCUT2D eigenvalue weighted by Crippen LogP contribution is -1.91. The third-order valence-corrected chi connectivity index (χ3v) is 10.9. The Bertz CT molecular complexity index is 3150. The number of rotatable bonds is 4. The summed E-state index contributed by atoms with van der Waals surface area (Å²) < 4.78 is 19.2. The predicted octanol–water partition coefficient (Wildman–Crippen LogP) is 14.7. The normalized spacial score (nSPS) is 12.2. The number of benzene rings is 8. The molecule has 0 unspecified atom stereocenters. The minimum atomic E-state index is 0.496. The van der Waals surface area contributed by atoms with Gasteiger partial charge in [-0.15, -0.1) is 0 Å². The Morgan fingerprint density at radius 1 is 0.423 bits per heavy atom. The number of fused-ring (bicyclic) bond motifs is 10. The Morgan fingerprint density at radius 2 is 1.06 bits per heavy atom. The Balaban J connectivity index is 1.14. The number of para-hydroxylation sites is 1. The molecule has 8 aromatic carbocycles. The standard InChI is InChI=1S/C49H32O3/c1-28(2)29-14-16-30(17-15-29)32-18-21-43-41(26-32)47-44(51-43)23-20-38-40-27-33(19-22-42(40)52-49(38)47)45-34-9-3-5-11-36(34)46(37-12-6-4-10-35(37)45)39-13-7-8-31-24-25-50-48(31)39/h3-28H,1-2H3. The van der Waals surface area contributed by atoms with Crippen molar-refractivity contribution in [2.75, 3.05) is 0 Å². The fourth-order valence-electron chi connectivity index (χ4n) is 8.41. The molecule has 3 nitrogen and oxygen atoms in total. The van der Waals surface area contributed by atoms with E-state index in [-0.39, 0.29) is 0 Å². The summed E-state index contributed by atoms with van der Waals surface area (Å²) >= 11 is 0. The summed E-state index contributed by atoms with van der Waals surface area (Å²) in [7, 11) is 0. The summed E-state index contributed by atoms with van der Waals surface area (Å²) in [6.07, 6.45) is 1.78. The highest BCUT2D eigenvalue weighted by molar-refractivity contribution is 6.25. The van der Waals surface area contributed by atoms with Crippen molar-refractivity contribution < 1.29 is 13.3 Å². The average molecular weight is 669 g/mol. The van der Waals surface area contributed by atoms with Gasteiger partial charge in [0.05, 0.1) is 11.6 Å². The quantitative estimate of drug-likeness (QED) is 0.175. The van der Waals surface area contributed by atoms with Crippen LogP contribution in [0.1, 0.15) is 25.3 Å². The Kier molecular flexibility index (Phi) is 6.15. The van der Waals surface area contributed by atoms with Crippen molar-refractivity contribution in [3.8, 4) is 33.4 Å². The summed E-state index contributed by atoms with van der Waals surface area (Å²) in [5, 5.41) is 10.1. The van der Waals surface area contributed by atoms with Gasteiger partial charge < -0.3 is 13.3 Å². The third-order valence-electron chi connectivity index (χ3n) is 10.9. The number of hydrogen-bond donors (Lipinski definition) is 0. The fourth-order valence-corrected chi connectivity index (χ4v) is 8.41. The van der Waals surface area contributed by atoms with E-state index < -0.39 is 0 Å². The van der Waals surface area contributed by atoms with Gasteiger partial charge in [-0.05, 0) is 97.7 Å². The van der Waals surface area contributed by atoms with E-state index in [0.29, 0.717) is 5.92 Å². The molecule has 0 atom stereocenters. The molecule has 0 aliphatic rings. The Morgan fingerprint density at radius 3 is 1.79 bits per heavy atom. The molecule has 0 radical (unpaired) electrons. The van der Waals surface area contributed by atoms with Gasteiger partial charge in [0.15, 0.2) is 0 Å². The summed E-state index contributed by atoms with van der Waals surface area (Å²) in [6, 6.07) is 52.2. The molecule has 0 aliphatic carbocycles. The molecule has 0 aliphatic heterocycles. The first-order valence-corrected chi connectivity index (χ1v) is 17.9. The van der Waals surface area contributed by atoms with E-state index in [2.05, 4.69) is 153 Å². The fraction of sp³-hybridized carbons (Fsp3) is 0.0612. The van der Waals surface area contributed by atoms with Crippen LogP contribution in [0, 0.1) is 0 Å². The van der Waals surface area contributed by atoms with E-state index in [1.54, 1.807) is 6.26 Å². The molecule has 246 valence electrons. The van der Waals surface area contributed by atoms with Gasteiger partial charge in [0, 0.05) is 32.7 Å². The molecule has 0 saturated heterocycles. The van der Waals surface area contributed by atoms with Crippen LogP contribution in [0.5, 0.6) is 0 Å². The molecule has 0 saturated carbocycles. The SMILES string of the molecule is CC(C)c1ccc(-c2ccc3oc4ccc5c6cc(-c7c8ccccc8c(-c8cccc9ccoc89)c8ccccc78)ccc6oc5c4c3c2)cc1. The number of hydrogen-bond acceptors (Lipinski definition) is 3. The second-order valence-corrected chi connectivity index (χ2v) is 14.2. The van der Waals surface area contributed by atoms with Crippen molar-refractivity contribution in [2.24, 2.45) is 0 Å². The first-order chi connectivity index (χ1) is 25.6. The maximum atomic E-state index is 6.73. The van der Waals surface area contributed by atoms with Crippen LogP contribution in [0.4, 0.5) is 0 Å². The van der Waals surface area contributed by atoms with Crippen LogP contribution in [0.15, 0.2) is 165 Å². The Labute approximate surface area is 299 Å². The molecule has 11 aromatic rings. The maximum absolute atomic E-state index is 6.73. The molecule has 11 rings (SSSR count). The zero-order chi connectivity index (χ0) is 34.5. The zero-order valence-corrected chi connectivity index (χ0v) is 28.7.